The highest BCUT2D eigenvalue weighted by Gasteiger charge is 2.22. The minimum atomic E-state index is -3.69. The van der Waals surface area contributed by atoms with Gasteiger partial charge in [0.1, 0.15) is 5.25 Å². The minimum Gasteiger partial charge on any atom is -0.325 e. The van der Waals surface area contributed by atoms with Crippen molar-refractivity contribution in [3.8, 4) is 0 Å². The van der Waals surface area contributed by atoms with Gasteiger partial charge in [0.15, 0.2) is 0 Å². The maximum atomic E-state index is 13.2. The smallest absolute Gasteiger partial charge is 0.261 e. The summed E-state index contributed by atoms with van der Waals surface area (Å²) in [7, 11) is -3.69. The molecule has 0 aliphatic heterocycles. The first-order chi connectivity index (χ1) is 16.8. The van der Waals surface area contributed by atoms with E-state index in [0.29, 0.717) is 16.4 Å². The number of carbonyl (C=O) groups excluding carboxylic acids is 1. The predicted molar refractivity (Wildman–Crippen MR) is 144 cm³/mol. The van der Waals surface area contributed by atoms with Crippen LogP contribution in [-0.2, 0) is 14.8 Å². The molecule has 0 saturated carbocycles. The van der Waals surface area contributed by atoms with Gasteiger partial charge in [0.05, 0.1) is 4.90 Å². The Kier molecular flexibility index (Phi) is 7.80. The van der Waals surface area contributed by atoms with Crippen molar-refractivity contribution in [3.05, 3.63) is 119 Å². The summed E-state index contributed by atoms with van der Waals surface area (Å²) in [6, 6.07) is 30.1. The molecule has 0 heterocycles. The van der Waals surface area contributed by atoms with Crippen LogP contribution in [0.15, 0.2) is 113 Å². The molecule has 1 unspecified atom stereocenters. The van der Waals surface area contributed by atoms with Crippen molar-refractivity contribution in [2.24, 2.45) is 0 Å². The van der Waals surface area contributed by atoms with Gasteiger partial charge in [-0.05, 0) is 73.2 Å². The molecule has 4 rings (SSSR count). The maximum absolute atomic E-state index is 13.2. The van der Waals surface area contributed by atoms with E-state index in [-0.39, 0.29) is 10.8 Å². The molecule has 0 fully saturated rings. The SMILES string of the molecule is Cc1ccc(S(=O)(=O)Nc2ccc(SC(C(=O)Nc3ccc(Cl)cc3)c3ccccc3)cc2)cc1. The zero-order chi connectivity index (χ0) is 24.8. The van der Waals surface area contributed by atoms with E-state index in [1.165, 1.54) is 11.8 Å². The van der Waals surface area contributed by atoms with Crippen molar-refractivity contribution >= 4 is 50.7 Å². The largest absolute Gasteiger partial charge is 0.325 e. The van der Waals surface area contributed by atoms with Gasteiger partial charge in [-0.3, -0.25) is 9.52 Å². The number of anilines is 2. The molecule has 1 amide bonds. The third-order valence-electron chi connectivity index (χ3n) is 5.14. The number of benzene rings is 4. The molecule has 0 aliphatic rings. The number of halogens is 1. The normalized spacial score (nSPS) is 12.1. The van der Waals surface area contributed by atoms with Crippen LogP contribution in [0.25, 0.3) is 0 Å². The second-order valence-electron chi connectivity index (χ2n) is 7.85. The van der Waals surface area contributed by atoms with Crippen LogP contribution < -0.4 is 10.0 Å². The van der Waals surface area contributed by atoms with Gasteiger partial charge < -0.3 is 5.32 Å². The Labute approximate surface area is 214 Å². The van der Waals surface area contributed by atoms with Crippen LogP contribution in [0.4, 0.5) is 11.4 Å². The van der Waals surface area contributed by atoms with Crippen LogP contribution in [-0.4, -0.2) is 14.3 Å². The second kappa shape index (κ2) is 11.0. The molecule has 0 spiro atoms. The summed E-state index contributed by atoms with van der Waals surface area (Å²) in [5, 5.41) is 3.02. The first kappa shape index (κ1) is 24.9. The number of nitrogens with one attached hydrogen (secondary N) is 2. The number of carbonyl (C=O) groups is 1. The topological polar surface area (TPSA) is 75.3 Å². The predicted octanol–water partition coefficient (Wildman–Crippen LogP) is 6.92. The van der Waals surface area contributed by atoms with Crippen molar-refractivity contribution in [3.63, 3.8) is 0 Å². The molecule has 4 aromatic rings. The summed E-state index contributed by atoms with van der Waals surface area (Å²) >= 11 is 7.33. The van der Waals surface area contributed by atoms with Crippen LogP contribution in [0.3, 0.4) is 0 Å². The fourth-order valence-electron chi connectivity index (χ4n) is 3.31. The Morgan fingerprint density at radius 2 is 1.40 bits per heavy atom. The van der Waals surface area contributed by atoms with Crippen molar-refractivity contribution in [1.82, 2.24) is 0 Å². The number of amides is 1. The van der Waals surface area contributed by atoms with E-state index >= 15 is 0 Å². The number of aryl methyl sites for hydroxylation is 1. The van der Waals surface area contributed by atoms with Gasteiger partial charge >= 0.3 is 0 Å². The summed E-state index contributed by atoms with van der Waals surface area (Å²) < 4.78 is 27.9. The van der Waals surface area contributed by atoms with E-state index in [1.807, 2.05) is 37.3 Å². The third-order valence-corrected chi connectivity index (χ3v) is 8.06. The molecule has 5 nitrogen and oxygen atoms in total. The van der Waals surface area contributed by atoms with E-state index in [2.05, 4.69) is 10.0 Å². The Morgan fingerprint density at radius 1 is 0.800 bits per heavy atom. The summed E-state index contributed by atoms with van der Waals surface area (Å²) in [5.41, 5.74) is 2.94. The first-order valence-corrected chi connectivity index (χ1v) is 13.5. The maximum Gasteiger partial charge on any atom is 0.261 e. The lowest BCUT2D eigenvalue weighted by Gasteiger charge is -2.17. The zero-order valence-corrected chi connectivity index (χ0v) is 21.2. The number of thioether (sulfide) groups is 1. The molecular formula is C27H23ClN2O3S2. The summed E-state index contributed by atoms with van der Waals surface area (Å²) in [4.78, 5) is 14.2. The number of sulfonamides is 1. The van der Waals surface area contributed by atoms with Crippen LogP contribution in [0, 0.1) is 6.92 Å². The second-order valence-corrected chi connectivity index (χ2v) is 11.1. The standard InChI is InChI=1S/C27H23ClN2O3S2/c1-19-7-17-25(18-8-19)35(32,33)30-23-13-15-24(16-14-23)34-26(20-5-3-2-4-6-20)27(31)29-22-11-9-21(28)10-12-22/h2-18,26,30H,1H3,(H,29,31). The quantitative estimate of drug-likeness (QED) is 0.246. The lowest BCUT2D eigenvalue weighted by Crippen LogP contribution is -2.19. The molecule has 178 valence electrons. The summed E-state index contributed by atoms with van der Waals surface area (Å²) in [5.74, 6) is -0.173. The highest BCUT2D eigenvalue weighted by Crippen LogP contribution is 2.37. The van der Waals surface area contributed by atoms with E-state index in [1.54, 1.807) is 72.8 Å². The summed E-state index contributed by atoms with van der Waals surface area (Å²) in [6.45, 7) is 1.90. The van der Waals surface area contributed by atoms with E-state index in [9.17, 15) is 13.2 Å². The van der Waals surface area contributed by atoms with Crippen LogP contribution in [0.2, 0.25) is 5.02 Å². The highest BCUT2D eigenvalue weighted by molar-refractivity contribution is 8.00. The van der Waals surface area contributed by atoms with Crippen LogP contribution in [0.5, 0.6) is 0 Å². The van der Waals surface area contributed by atoms with Crippen LogP contribution in [0.1, 0.15) is 16.4 Å². The fraction of sp³-hybridized carbons (Fsp3) is 0.0741. The lowest BCUT2D eigenvalue weighted by atomic mass is 10.1. The van der Waals surface area contributed by atoms with Crippen molar-refractivity contribution in [2.45, 2.75) is 22.0 Å². The highest BCUT2D eigenvalue weighted by atomic mass is 35.5. The van der Waals surface area contributed by atoms with Gasteiger partial charge in [-0.1, -0.05) is 59.6 Å². The Balaban J connectivity index is 1.50. The molecular weight excluding hydrogens is 500 g/mol. The molecule has 1 atom stereocenters. The van der Waals surface area contributed by atoms with Crippen molar-refractivity contribution in [1.29, 1.82) is 0 Å². The van der Waals surface area contributed by atoms with Gasteiger partial charge in [-0.25, -0.2) is 8.42 Å². The zero-order valence-electron chi connectivity index (χ0n) is 18.8. The molecule has 0 saturated heterocycles. The van der Waals surface area contributed by atoms with Crippen molar-refractivity contribution < 1.29 is 13.2 Å². The van der Waals surface area contributed by atoms with Crippen molar-refractivity contribution in [2.75, 3.05) is 10.0 Å². The molecule has 0 aliphatic carbocycles. The molecule has 35 heavy (non-hydrogen) atoms. The van der Waals surface area contributed by atoms with E-state index in [4.69, 9.17) is 11.6 Å². The van der Waals surface area contributed by atoms with Gasteiger partial charge in [0.25, 0.3) is 10.0 Å². The average molecular weight is 523 g/mol. The summed E-state index contributed by atoms with van der Waals surface area (Å²) in [6.07, 6.45) is 0. The number of hydrogen-bond acceptors (Lipinski definition) is 4. The third kappa shape index (κ3) is 6.66. The van der Waals surface area contributed by atoms with Gasteiger partial charge in [-0.15, -0.1) is 11.8 Å². The molecule has 4 aromatic carbocycles. The van der Waals surface area contributed by atoms with E-state index in [0.717, 1.165) is 16.0 Å². The van der Waals surface area contributed by atoms with Gasteiger partial charge in [-0.2, -0.15) is 0 Å². The lowest BCUT2D eigenvalue weighted by molar-refractivity contribution is -0.115. The first-order valence-electron chi connectivity index (χ1n) is 10.8. The Bertz CT molecular complexity index is 1390. The monoisotopic (exact) mass is 522 g/mol. The Morgan fingerprint density at radius 3 is 2.03 bits per heavy atom. The minimum absolute atomic E-state index is 0.173. The van der Waals surface area contributed by atoms with Crippen LogP contribution >= 0.6 is 23.4 Å². The molecule has 0 aromatic heterocycles. The fourth-order valence-corrected chi connectivity index (χ4v) is 5.52. The average Bonchev–Trinajstić information content (AvgIpc) is 2.85. The molecule has 0 bridgehead atoms. The molecule has 0 radical (unpaired) electrons. The van der Waals surface area contributed by atoms with Gasteiger partial charge in [0, 0.05) is 21.3 Å². The van der Waals surface area contributed by atoms with Gasteiger partial charge in [0.2, 0.25) is 5.91 Å². The molecule has 8 heteroatoms. The number of rotatable bonds is 8. The molecule has 2 N–H and O–H groups in total. The van der Waals surface area contributed by atoms with E-state index < -0.39 is 15.3 Å². The Hall–Kier alpha value is -3.26. The number of hydrogen-bond donors (Lipinski definition) is 2.